The first-order valence-electron chi connectivity index (χ1n) is 13.1. The first-order chi connectivity index (χ1) is 16.5. The topological polar surface area (TPSA) is 80.9 Å². The van der Waals surface area contributed by atoms with Gasteiger partial charge in [0.1, 0.15) is 24.4 Å². The van der Waals surface area contributed by atoms with E-state index in [1.165, 1.54) is 0 Å². The number of hydrogen-bond donors (Lipinski definition) is 4. The molecule has 190 valence electrons. The first kappa shape index (κ1) is 32.1. The van der Waals surface area contributed by atoms with Gasteiger partial charge in [-0.05, 0) is 51.4 Å². The summed E-state index contributed by atoms with van der Waals surface area (Å²) in [5, 5.41) is 38.5. The SMILES string of the molecule is C#CC(O)CCCCCCCCC#CC(O)CCC(O)C#CCCCCCCCCC(O)C#C. The zero-order chi connectivity index (χ0) is 25.3. The molecule has 0 amide bonds. The second-order valence-corrected chi connectivity index (χ2v) is 8.94. The van der Waals surface area contributed by atoms with Crippen LogP contribution in [-0.2, 0) is 0 Å². The largest absolute Gasteiger partial charge is 0.380 e. The van der Waals surface area contributed by atoms with Gasteiger partial charge in [-0.3, -0.25) is 0 Å². The second-order valence-electron chi connectivity index (χ2n) is 8.94. The molecule has 0 aliphatic carbocycles. The number of aliphatic hydroxyl groups is 4. The van der Waals surface area contributed by atoms with Crippen molar-refractivity contribution in [3.8, 4) is 48.4 Å². The smallest absolute Gasteiger partial charge is 0.114 e. The van der Waals surface area contributed by atoms with Gasteiger partial charge in [0.05, 0.1) is 0 Å². The highest BCUT2D eigenvalue weighted by Gasteiger charge is 2.04. The van der Waals surface area contributed by atoms with Crippen LogP contribution in [0.4, 0.5) is 0 Å². The van der Waals surface area contributed by atoms with Gasteiger partial charge in [0.15, 0.2) is 0 Å². The molecule has 0 saturated heterocycles. The van der Waals surface area contributed by atoms with Crippen LogP contribution in [0, 0.1) is 48.4 Å². The third-order valence-electron chi connectivity index (χ3n) is 5.69. The van der Waals surface area contributed by atoms with Crippen LogP contribution >= 0.6 is 0 Å². The molecule has 4 N–H and O–H groups in total. The van der Waals surface area contributed by atoms with Crippen LogP contribution in [0.1, 0.15) is 116 Å². The van der Waals surface area contributed by atoms with Crippen LogP contribution in [0.3, 0.4) is 0 Å². The number of hydrogen-bond acceptors (Lipinski definition) is 4. The van der Waals surface area contributed by atoms with Crippen molar-refractivity contribution >= 4 is 0 Å². The Morgan fingerprint density at radius 2 is 0.735 bits per heavy atom. The van der Waals surface area contributed by atoms with Crippen molar-refractivity contribution < 1.29 is 20.4 Å². The molecule has 0 spiro atoms. The molecular weight excluding hydrogens is 424 g/mol. The average molecular weight is 471 g/mol. The van der Waals surface area contributed by atoms with Gasteiger partial charge in [-0.1, -0.05) is 75.0 Å². The van der Waals surface area contributed by atoms with E-state index in [9.17, 15) is 20.4 Å². The first-order valence-corrected chi connectivity index (χ1v) is 13.1. The molecule has 34 heavy (non-hydrogen) atoms. The monoisotopic (exact) mass is 470 g/mol. The van der Waals surface area contributed by atoms with Crippen LogP contribution in [-0.4, -0.2) is 44.8 Å². The van der Waals surface area contributed by atoms with E-state index in [2.05, 4.69) is 35.5 Å². The molecule has 0 radical (unpaired) electrons. The van der Waals surface area contributed by atoms with E-state index in [0.29, 0.717) is 25.7 Å². The minimum atomic E-state index is -0.708. The maximum absolute atomic E-state index is 9.95. The Balaban J connectivity index is 3.58. The van der Waals surface area contributed by atoms with Gasteiger partial charge in [-0.15, -0.1) is 24.7 Å². The lowest BCUT2D eigenvalue weighted by atomic mass is 10.1. The minimum Gasteiger partial charge on any atom is -0.380 e. The van der Waals surface area contributed by atoms with Crippen molar-refractivity contribution in [1.29, 1.82) is 0 Å². The predicted octanol–water partition coefficient (Wildman–Crippen LogP) is 4.73. The Labute approximate surface area is 208 Å². The summed E-state index contributed by atoms with van der Waals surface area (Å²) < 4.78 is 0. The molecule has 0 aliphatic heterocycles. The minimum absolute atomic E-state index is 0.431. The fourth-order valence-corrected chi connectivity index (χ4v) is 3.52. The van der Waals surface area contributed by atoms with Gasteiger partial charge in [0.2, 0.25) is 0 Å². The average Bonchev–Trinajstić information content (AvgIpc) is 2.84. The lowest BCUT2D eigenvalue weighted by molar-refractivity contribution is 0.172. The highest BCUT2D eigenvalue weighted by Crippen LogP contribution is 2.11. The number of unbranched alkanes of at least 4 members (excludes halogenated alkanes) is 12. The third-order valence-corrected chi connectivity index (χ3v) is 5.69. The van der Waals surface area contributed by atoms with Crippen molar-refractivity contribution in [2.75, 3.05) is 0 Å². The van der Waals surface area contributed by atoms with Crippen molar-refractivity contribution in [3.63, 3.8) is 0 Å². The number of terminal acetylenes is 2. The third kappa shape index (κ3) is 23.2. The highest BCUT2D eigenvalue weighted by molar-refractivity contribution is 5.07. The Morgan fingerprint density at radius 1 is 0.412 bits per heavy atom. The van der Waals surface area contributed by atoms with Gasteiger partial charge in [-0.25, -0.2) is 0 Å². The lowest BCUT2D eigenvalue weighted by Crippen LogP contribution is -2.10. The summed E-state index contributed by atoms with van der Waals surface area (Å²) in [4.78, 5) is 0. The molecule has 0 aliphatic rings. The zero-order valence-corrected chi connectivity index (χ0v) is 21.0. The van der Waals surface area contributed by atoms with Crippen molar-refractivity contribution in [1.82, 2.24) is 0 Å². The number of rotatable bonds is 19. The van der Waals surface area contributed by atoms with Crippen LogP contribution in [0.15, 0.2) is 0 Å². The fourth-order valence-electron chi connectivity index (χ4n) is 3.52. The standard InChI is InChI=1S/C30H46O4/c1-3-27(31)21-17-13-9-5-7-11-15-19-23-29(33)25-26-30(34)24-20-16-12-8-6-10-14-18-22-28(32)4-2/h1-2,27-34H,5-18,21-22,25-26H2. The molecule has 0 aromatic heterocycles. The molecule has 4 nitrogen and oxygen atoms in total. The van der Waals surface area contributed by atoms with E-state index < -0.39 is 24.4 Å². The molecular formula is C30H46O4. The maximum atomic E-state index is 9.95. The van der Waals surface area contributed by atoms with Gasteiger partial charge >= 0.3 is 0 Å². The van der Waals surface area contributed by atoms with Crippen molar-refractivity contribution in [3.05, 3.63) is 0 Å². The summed E-state index contributed by atoms with van der Waals surface area (Å²) >= 11 is 0. The summed E-state index contributed by atoms with van der Waals surface area (Å²) in [5.74, 6) is 16.4. The predicted molar refractivity (Wildman–Crippen MR) is 140 cm³/mol. The van der Waals surface area contributed by atoms with E-state index in [-0.39, 0.29) is 0 Å². The summed E-state index contributed by atoms with van der Waals surface area (Å²) in [5.41, 5.74) is 0. The zero-order valence-electron chi connectivity index (χ0n) is 21.0. The summed E-state index contributed by atoms with van der Waals surface area (Å²) in [6, 6.07) is 0. The molecule has 0 fully saturated rings. The highest BCUT2D eigenvalue weighted by atomic mass is 16.3. The summed E-state index contributed by atoms with van der Waals surface area (Å²) in [6.07, 6.45) is 24.4. The summed E-state index contributed by atoms with van der Waals surface area (Å²) in [6.45, 7) is 0. The molecule has 0 aromatic carbocycles. The van der Waals surface area contributed by atoms with E-state index in [1.54, 1.807) is 0 Å². The molecule has 4 atom stereocenters. The fraction of sp³-hybridized carbons (Fsp3) is 0.733. The molecule has 4 unspecified atom stereocenters. The second kappa shape index (κ2) is 24.2. The lowest BCUT2D eigenvalue weighted by Gasteiger charge is -2.05. The molecule has 0 bridgehead atoms. The van der Waals surface area contributed by atoms with Crippen LogP contribution in [0.2, 0.25) is 0 Å². The van der Waals surface area contributed by atoms with Crippen molar-refractivity contribution in [2.24, 2.45) is 0 Å². The van der Waals surface area contributed by atoms with E-state index in [4.69, 9.17) is 12.8 Å². The van der Waals surface area contributed by atoms with E-state index in [0.717, 1.165) is 89.9 Å². The molecule has 0 heterocycles. The van der Waals surface area contributed by atoms with Gasteiger partial charge in [-0.2, -0.15) is 0 Å². The van der Waals surface area contributed by atoms with E-state index >= 15 is 0 Å². The Bertz CT molecular complexity index is 619. The van der Waals surface area contributed by atoms with Crippen molar-refractivity contribution in [2.45, 2.75) is 140 Å². The normalized spacial score (nSPS) is 13.8. The Morgan fingerprint density at radius 3 is 1.09 bits per heavy atom. The Kier molecular flexibility index (Phi) is 22.8. The van der Waals surface area contributed by atoms with Gasteiger partial charge in [0.25, 0.3) is 0 Å². The molecule has 0 saturated carbocycles. The maximum Gasteiger partial charge on any atom is 0.114 e. The Hall–Kier alpha value is -1.92. The van der Waals surface area contributed by atoms with Gasteiger partial charge in [0, 0.05) is 12.8 Å². The van der Waals surface area contributed by atoms with Gasteiger partial charge < -0.3 is 20.4 Å². The summed E-state index contributed by atoms with van der Waals surface area (Å²) in [7, 11) is 0. The van der Waals surface area contributed by atoms with E-state index in [1.807, 2.05) is 0 Å². The van der Waals surface area contributed by atoms with Crippen LogP contribution in [0.5, 0.6) is 0 Å². The van der Waals surface area contributed by atoms with Crippen LogP contribution < -0.4 is 0 Å². The van der Waals surface area contributed by atoms with Crippen LogP contribution in [0.25, 0.3) is 0 Å². The molecule has 0 aromatic rings. The quantitative estimate of drug-likeness (QED) is 0.163. The molecule has 0 rings (SSSR count). The number of aliphatic hydroxyl groups excluding tert-OH is 4. The molecule has 4 heteroatoms.